The van der Waals surface area contributed by atoms with Gasteiger partial charge < -0.3 is 10.2 Å². The predicted octanol–water partition coefficient (Wildman–Crippen LogP) is 3.81. The number of hydrogen-bond acceptors (Lipinski definition) is 3. The average Bonchev–Trinajstić information content (AvgIpc) is 2.85. The molecule has 1 N–H and O–H groups in total. The Labute approximate surface area is 139 Å². The molecule has 0 atom stereocenters. The van der Waals surface area contributed by atoms with Crippen molar-refractivity contribution in [1.29, 1.82) is 0 Å². The van der Waals surface area contributed by atoms with Crippen molar-refractivity contribution in [3.63, 3.8) is 0 Å². The van der Waals surface area contributed by atoms with Crippen molar-refractivity contribution in [2.45, 2.75) is 26.4 Å². The largest absolute Gasteiger partial charge is 0.378 e. The molecule has 0 aliphatic rings. The van der Waals surface area contributed by atoms with Crippen molar-refractivity contribution in [3.05, 3.63) is 42.2 Å². The van der Waals surface area contributed by atoms with Crippen LogP contribution in [0.5, 0.6) is 0 Å². The van der Waals surface area contributed by atoms with Crippen molar-refractivity contribution < 1.29 is 0 Å². The summed E-state index contributed by atoms with van der Waals surface area (Å²) in [5.41, 5.74) is 3.57. The fraction of sp³-hybridized carbons (Fsp3) is 0.400. The summed E-state index contributed by atoms with van der Waals surface area (Å²) in [5, 5.41) is 7.69. The first-order chi connectivity index (χ1) is 9.19. The van der Waals surface area contributed by atoms with E-state index in [1.807, 2.05) is 10.9 Å². The predicted molar refractivity (Wildman–Crippen MR) is 95.1 cm³/mol. The molecule has 0 bridgehead atoms. The molecule has 0 saturated heterocycles. The maximum atomic E-state index is 4.30. The summed E-state index contributed by atoms with van der Waals surface area (Å²) in [7, 11) is 4.10. The van der Waals surface area contributed by atoms with Crippen LogP contribution in [0.15, 0.2) is 36.7 Å². The van der Waals surface area contributed by atoms with Crippen molar-refractivity contribution in [2.24, 2.45) is 0 Å². The van der Waals surface area contributed by atoms with Crippen molar-refractivity contribution in [2.75, 3.05) is 24.3 Å². The van der Waals surface area contributed by atoms with Gasteiger partial charge in [0.15, 0.2) is 0 Å². The summed E-state index contributed by atoms with van der Waals surface area (Å²) in [5.74, 6) is 0. The van der Waals surface area contributed by atoms with Gasteiger partial charge in [-0.15, -0.1) is 24.8 Å². The molecule has 0 unspecified atom stereocenters. The Morgan fingerprint density at radius 2 is 1.81 bits per heavy atom. The monoisotopic (exact) mass is 330 g/mol. The van der Waals surface area contributed by atoms with Gasteiger partial charge in [-0.2, -0.15) is 5.10 Å². The number of rotatable bonds is 6. The van der Waals surface area contributed by atoms with Gasteiger partial charge in [0.2, 0.25) is 0 Å². The Balaban J connectivity index is 0.00000200. The molecule has 4 nitrogen and oxygen atoms in total. The van der Waals surface area contributed by atoms with Crippen molar-refractivity contribution in [1.82, 2.24) is 9.78 Å². The van der Waals surface area contributed by atoms with Crippen LogP contribution in [-0.2, 0) is 13.1 Å². The lowest BCUT2D eigenvalue weighted by Crippen LogP contribution is -2.08. The van der Waals surface area contributed by atoms with Gasteiger partial charge in [0.1, 0.15) is 0 Å². The fourth-order valence-corrected chi connectivity index (χ4v) is 1.92. The summed E-state index contributed by atoms with van der Waals surface area (Å²) in [4.78, 5) is 2.10. The van der Waals surface area contributed by atoms with Crippen molar-refractivity contribution in [3.8, 4) is 0 Å². The molecule has 6 heteroatoms. The first-order valence-electron chi connectivity index (χ1n) is 6.71. The molecule has 0 aliphatic heterocycles. The number of aryl methyl sites for hydroxylation is 1. The Morgan fingerprint density at radius 3 is 2.38 bits per heavy atom. The second-order valence-electron chi connectivity index (χ2n) is 4.91. The van der Waals surface area contributed by atoms with Crippen molar-refractivity contribution >= 4 is 36.2 Å². The highest BCUT2D eigenvalue weighted by atomic mass is 35.5. The first kappa shape index (κ1) is 19.6. The molecule has 2 rings (SSSR count). The third kappa shape index (κ3) is 5.86. The number of benzene rings is 1. The highest BCUT2D eigenvalue weighted by molar-refractivity contribution is 5.85. The number of nitrogens with one attached hydrogen (secondary N) is 1. The van der Waals surface area contributed by atoms with E-state index in [0.29, 0.717) is 0 Å². The highest BCUT2D eigenvalue weighted by Crippen LogP contribution is 2.14. The standard InChI is InChI=1S/C15H22N4.2ClH/c1-4-9-19-12-14(11-17-19)16-10-13-5-7-15(8-6-13)18(2)3;;/h5-8,11-12,16H,4,9-10H2,1-3H3;2*1H. The van der Waals surface area contributed by atoms with E-state index in [0.717, 1.165) is 25.2 Å². The zero-order valence-electron chi connectivity index (χ0n) is 12.7. The molecule has 0 spiro atoms. The Bertz CT molecular complexity index is 509. The highest BCUT2D eigenvalue weighted by Gasteiger charge is 1.99. The maximum Gasteiger partial charge on any atom is 0.0729 e. The fourth-order valence-electron chi connectivity index (χ4n) is 1.92. The smallest absolute Gasteiger partial charge is 0.0729 e. The van der Waals surface area contributed by atoms with Gasteiger partial charge in [0, 0.05) is 39.1 Å². The van der Waals surface area contributed by atoms with Gasteiger partial charge >= 0.3 is 0 Å². The molecule has 118 valence electrons. The topological polar surface area (TPSA) is 33.1 Å². The van der Waals surface area contributed by atoms with Crippen LogP contribution in [0.4, 0.5) is 11.4 Å². The van der Waals surface area contributed by atoms with Crippen LogP contribution < -0.4 is 10.2 Å². The normalized spacial score (nSPS) is 9.48. The Kier molecular flexibility index (Phi) is 8.90. The van der Waals surface area contributed by atoms with Crippen LogP contribution >= 0.6 is 24.8 Å². The van der Waals surface area contributed by atoms with E-state index in [9.17, 15) is 0 Å². The molecule has 0 radical (unpaired) electrons. The van der Waals surface area contributed by atoms with Gasteiger partial charge in [-0.05, 0) is 24.1 Å². The van der Waals surface area contributed by atoms with E-state index >= 15 is 0 Å². The Morgan fingerprint density at radius 1 is 1.14 bits per heavy atom. The lowest BCUT2D eigenvalue weighted by atomic mass is 10.2. The van der Waals surface area contributed by atoms with Crippen LogP contribution in [0.25, 0.3) is 0 Å². The number of nitrogens with zero attached hydrogens (tertiary/aromatic N) is 3. The van der Waals surface area contributed by atoms with Crippen LogP contribution in [0.3, 0.4) is 0 Å². The third-order valence-corrected chi connectivity index (χ3v) is 3.04. The minimum atomic E-state index is 0. The van der Waals surface area contributed by atoms with E-state index < -0.39 is 0 Å². The molecule has 21 heavy (non-hydrogen) atoms. The van der Waals surface area contributed by atoms with Crippen LogP contribution in [-0.4, -0.2) is 23.9 Å². The van der Waals surface area contributed by atoms with Gasteiger partial charge in [-0.25, -0.2) is 0 Å². The van der Waals surface area contributed by atoms with E-state index in [1.165, 1.54) is 11.3 Å². The Hall–Kier alpha value is -1.39. The molecular formula is C15H24Cl2N4. The molecule has 1 heterocycles. The molecule has 1 aromatic heterocycles. The number of anilines is 2. The summed E-state index contributed by atoms with van der Waals surface area (Å²) >= 11 is 0. The SMILES string of the molecule is CCCn1cc(NCc2ccc(N(C)C)cc2)cn1.Cl.Cl. The second kappa shape index (κ2) is 9.53. The van der Waals surface area contributed by atoms with Gasteiger partial charge in [-0.1, -0.05) is 19.1 Å². The zero-order valence-corrected chi connectivity index (χ0v) is 14.4. The third-order valence-electron chi connectivity index (χ3n) is 3.04. The summed E-state index contributed by atoms with van der Waals surface area (Å²) < 4.78 is 1.97. The summed E-state index contributed by atoms with van der Waals surface area (Å²) in [6.45, 7) is 3.95. The number of halogens is 2. The van der Waals surface area contributed by atoms with E-state index in [2.05, 4.69) is 66.8 Å². The lowest BCUT2D eigenvalue weighted by molar-refractivity contribution is 0.603. The van der Waals surface area contributed by atoms with Gasteiger partial charge in [0.25, 0.3) is 0 Å². The van der Waals surface area contributed by atoms with E-state index in [1.54, 1.807) is 0 Å². The molecule has 0 aliphatic carbocycles. The quantitative estimate of drug-likeness (QED) is 0.874. The summed E-state index contributed by atoms with van der Waals surface area (Å²) in [6, 6.07) is 8.58. The van der Waals surface area contributed by atoms with Crippen LogP contribution in [0.1, 0.15) is 18.9 Å². The number of hydrogen-bond donors (Lipinski definition) is 1. The zero-order chi connectivity index (χ0) is 13.7. The summed E-state index contributed by atoms with van der Waals surface area (Å²) in [6.07, 6.45) is 5.04. The molecule has 1 aromatic carbocycles. The first-order valence-corrected chi connectivity index (χ1v) is 6.71. The minimum absolute atomic E-state index is 0. The van der Waals surface area contributed by atoms with E-state index in [-0.39, 0.29) is 24.8 Å². The van der Waals surface area contributed by atoms with Gasteiger partial charge in [0.05, 0.1) is 11.9 Å². The van der Waals surface area contributed by atoms with Gasteiger partial charge in [-0.3, -0.25) is 4.68 Å². The molecule has 0 saturated carbocycles. The van der Waals surface area contributed by atoms with Crippen LogP contribution in [0.2, 0.25) is 0 Å². The molecule has 0 amide bonds. The molecule has 2 aromatic rings. The second-order valence-corrected chi connectivity index (χ2v) is 4.91. The van der Waals surface area contributed by atoms with E-state index in [4.69, 9.17) is 0 Å². The number of aromatic nitrogens is 2. The van der Waals surface area contributed by atoms with Crippen LogP contribution in [0, 0.1) is 0 Å². The average molecular weight is 331 g/mol. The molecular weight excluding hydrogens is 307 g/mol. The minimum Gasteiger partial charge on any atom is -0.378 e. The lowest BCUT2D eigenvalue weighted by Gasteiger charge is -2.12. The molecule has 0 fully saturated rings. The maximum absolute atomic E-state index is 4.30.